The number of methoxy groups -OCH3 is 1. The van der Waals surface area contributed by atoms with Crippen molar-refractivity contribution in [3.63, 3.8) is 0 Å². The Balaban J connectivity index is 1.53. The lowest BCUT2D eigenvalue weighted by Crippen LogP contribution is -2.20. The summed E-state index contributed by atoms with van der Waals surface area (Å²) in [4.78, 5) is 24.1. The minimum Gasteiger partial charge on any atom is -0.497 e. The van der Waals surface area contributed by atoms with E-state index in [1.807, 2.05) is 0 Å². The lowest BCUT2D eigenvalue weighted by Gasteiger charge is -2.09. The van der Waals surface area contributed by atoms with Crippen LogP contribution in [0.3, 0.4) is 0 Å². The molecule has 0 aliphatic rings. The molecule has 0 unspecified atom stereocenters. The fourth-order valence-corrected chi connectivity index (χ4v) is 2.84. The summed E-state index contributed by atoms with van der Waals surface area (Å²) in [6.45, 7) is -0.349. The molecular weight excluding hydrogens is 437 g/mol. The number of carbonyl (C=O) groups excluding carboxylic acids is 2. The Morgan fingerprint density at radius 3 is 2.66 bits per heavy atom. The largest absolute Gasteiger partial charge is 0.497 e. The summed E-state index contributed by atoms with van der Waals surface area (Å²) in [5.41, 5.74) is 3.48. The van der Waals surface area contributed by atoms with Crippen LogP contribution in [0, 0.1) is 5.82 Å². The van der Waals surface area contributed by atoms with Crippen molar-refractivity contribution in [1.29, 1.82) is 0 Å². The van der Waals surface area contributed by atoms with Crippen LogP contribution in [0.4, 0.5) is 10.1 Å². The standard InChI is InChI=1S/C23H19ClFN3O4/c1-31-17-6-4-5-16(12-17)23(30)28-26-13-15-9-10-21(18(24)11-15)32-14-22(29)27-20-8-3-2-7-19(20)25/h2-13H,14H2,1H3,(H,27,29)(H,28,30). The molecule has 9 heteroatoms. The maximum Gasteiger partial charge on any atom is 0.271 e. The van der Waals surface area contributed by atoms with Gasteiger partial charge in [-0.3, -0.25) is 9.59 Å². The summed E-state index contributed by atoms with van der Waals surface area (Å²) in [6.07, 6.45) is 1.42. The van der Waals surface area contributed by atoms with E-state index in [0.717, 1.165) is 0 Å². The molecule has 0 aliphatic carbocycles. The lowest BCUT2D eigenvalue weighted by molar-refractivity contribution is -0.118. The lowest BCUT2D eigenvalue weighted by atomic mass is 10.2. The van der Waals surface area contributed by atoms with Gasteiger partial charge in [0.2, 0.25) is 0 Å². The molecule has 0 atom stereocenters. The van der Waals surface area contributed by atoms with E-state index in [1.54, 1.807) is 48.5 Å². The summed E-state index contributed by atoms with van der Waals surface area (Å²) < 4.78 is 24.1. The molecule has 0 saturated carbocycles. The minimum atomic E-state index is -0.541. The highest BCUT2D eigenvalue weighted by Gasteiger charge is 2.09. The maximum absolute atomic E-state index is 13.6. The highest BCUT2D eigenvalue weighted by atomic mass is 35.5. The van der Waals surface area contributed by atoms with Crippen LogP contribution in [0.2, 0.25) is 5.02 Å². The summed E-state index contributed by atoms with van der Waals surface area (Å²) in [5, 5.41) is 6.57. The molecular formula is C23H19ClFN3O4. The van der Waals surface area contributed by atoms with E-state index in [0.29, 0.717) is 16.9 Å². The fraction of sp³-hybridized carbons (Fsp3) is 0.0870. The molecule has 0 radical (unpaired) electrons. The Morgan fingerprint density at radius 2 is 1.91 bits per heavy atom. The van der Waals surface area contributed by atoms with Crippen molar-refractivity contribution in [2.24, 2.45) is 5.10 Å². The summed E-state index contributed by atoms with van der Waals surface area (Å²) in [6, 6.07) is 17.3. The Morgan fingerprint density at radius 1 is 1.09 bits per heavy atom. The van der Waals surface area contributed by atoms with Gasteiger partial charge in [-0.15, -0.1) is 0 Å². The van der Waals surface area contributed by atoms with Crippen LogP contribution in [-0.4, -0.2) is 31.7 Å². The second-order valence-electron chi connectivity index (χ2n) is 6.44. The zero-order chi connectivity index (χ0) is 22.9. The van der Waals surface area contributed by atoms with Crippen LogP contribution in [0.1, 0.15) is 15.9 Å². The molecule has 0 bridgehead atoms. The third-order valence-electron chi connectivity index (χ3n) is 4.17. The van der Waals surface area contributed by atoms with Gasteiger partial charge in [-0.25, -0.2) is 9.82 Å². The van der Waals surface area contributed by atoms with Crippen molar-refractivity contribution < 1.29 is 23.5 Å². The van der Waals surface area contributed by atoms with E-state index in [4.69, 9.17) is 21.1 Å². The number of anilines is 1. The maximum atomic E-state index is 13.6. The molecule has 0 heterocycles. The quantitative estimate of drug-likeness (QED) is 0.392. The van der Waals surface area contributed by atoms with Gasteiger partial charge < -0.3 is 14.8 Å². The monoisotopic (exact) mass is 455 g/mol. The predicted molar refractivity (Wildman–Crippen MR) is 120 cm³/mol. The second-order valence-corrected chi connectivity index (χ2v) is 6.84. The van der Waals surface area contributed by atoms with Crippen LogP contribution < -0.4 is 20.2 Å². The summed E-state index contributed by atoms with van der Waals surface area (Å²) in [7, 11) is 1.52. The van der Waals surface area contributed by atoms with Crippen LogP contribution >= 0.6 is 11.6 Å². The molecule has 2 amide bonds. The normalized spacial score (nSPS) is 10.6. The zero-order valence-corrected chi connectivity index (χ0v) is 17.7. The third-order valence-corrected chi connectivity index (χ3v) is 4.47. The van der Waals surface area contributed by atoms with Gasteiger partial charge in [0.25, 0.3) is 11.8 Å². The number of halogens is 2. The molecule has 3 aromatic rings. The van der Waals surface area contributed by atoms with Gasteiger partial charge in [0.05, 0.1) is 24.0 Å². The smallest absolute Gasteiger partial charge is 0.271 e. The van der Waals surface area contributed by atoms with E-state index >= 15 is 0 Å². The number of amides is 2. The first kappa shape index (κ1) is 22.8. The van der Waals surface area contributed by atoms with Crippen LogP contribution in [0.5, 0.6) is 11.5 Å². The highest BCUT2D eigenvalue weighted by Crippen LogP contribution is 2.25. The van der Waals surface area contributed by atoms with Crippen molar-refractivity contribution in [2.75, 3.05) is 19.0 Å². The number of ether oxygens (including phenoxy) is 2. The number of benzene rings is 3. The van der Waals surface area contributed by atoms with Gasteiger partial charge in [0.15, 0.2) is 6.61 Å². The fourth-order valence-electron chi connectivity index (χ4n) is 2.60. The minimum absolute atomic E-state index is 0.0646. The van der Waals surface area contributed by atoms with Crippen LogP contribution in [0.25, 0.3) is 0 Å². The Bertz CT molecular complexity index is 1150. The first-order valence-corrected chi connectivity index (χ1v) is 9.78. The molecule has 0 saturated heterocycles. The predicted octanol–water partition coefficient (Wildman–Crippen LogP) is 4.27. The zero-order valence-electron chi connectivity index (χ0n) is 17.0. The number of rotatable bonds is 8. The summed E-state index contributed by atoms with van der Waals surface area (Å²) in [5.74, 6) is -0.635. The number of hydrogen-bond donors (Lipinski definition) is 2. The Kier molecular flexibility index (Phi) is 7.77. The molecule has 3 aromatic carbocycles. The van der Waals surface area contributed by atoms with E-state index in [2.05, 4.69) is 15.8 Å². The van der Waals surface area contributed by atoms with E-state index in [-0.39, 0.29) is 23.1 Å². The van der Waals surface area contributed by atoms with Gasteiger partial charge in [0.1, 0.15) is 17.3 Å². The number of nitrogens with one attached hydrogen (secondary N) is 2. The molecule has 0 aliphatic heterocycles. The first-order chi connectivity index (χ1) is 15.5. The third kappa shape index (κ3) is 6.29. The van der Waals surface area contributed by atoms with E-state index < -0.39 is 17.6 Å². The van der Waals surface area contributed by atoms with E-state index in [9.17, 15) is 14.0 Å². The SMILES string of the molecule is COc1cccc(C(=O)NN=Cc2ccc(OCC(=O)Nc3ccccc3F)c(Cl)c2)c1. The van der Waals surface area contributed by atoms with Crippen molar-refractivity contribution in [1.82, 2.24) is 5.43 Å². The Labute approximate surface area is 188 Å². The number of nitrogens with zero attached hydrogens (tertiary/aromatic N) is 1. The molecule has 32 heavy (non-hydrogen) atoms. The van der Waals surface area contributed by atoms with Crippen molar-refractivity contribution in [3.8, 4) is 11.5 Å². The first-order valence-electron chi connectivity index (χ1n) is 9.40. The van der Waals surface area contributed by atoms with Gasteiger partial charge >= 0.3 is 0 Å². The number of hydrazone groups is 1. The van der Waals surface area contributed by atoms with Gasteiger partial charge in [-0.2, -0.15) is 5.10 Å². The van der Waals surface area contributed by atoms with E-state index in [1.165, 1.54) is 31.5 Å². The van der Waals surface area contributed by atoms with Gasteiger partial charge in [0, 0.05) is 5.56 Å². The molecule has 0 fully saturated rings. The molecule has 0 aromatic heterocycles. The van der Waals surface area contributed by atoms with Gasteiger partial charge in [-0.1, -0.05) is 29.8 Å². The van der Waals surface area contributed by atoms with Crippen LogP contribution in [-0.2, 0) is 4.79 Å². The second kappa shape index (κ2) is 10.9. The van der Waals surface area contributed by atoms with Gasteiger partial charge in [-0.05, 0) is 54.1 Å². The van der Waals surface area contributed by atoms with Crippen LogP contribution in [0.15, 0.2) is 71.8 Å². The molecule has 3 rings (SSSR count). The number of hydrogen-bond acceptors (Lipinski definition) is 5. The molecule has 7 nitrogen and oxygen atoms in total. The number of carbonyl (C=O) groups is 2. The number of para-hydroxylation sites is 1. The average Bonchev–Trinajstić information content (AvgIpc) is 2.80. The van der Waals surface area contributed by atoms with Crippen molar-refractivity contribution in [2.45, 2.75) is 0 Å². The Hall–Kier alpha value is -3.91. The summed E-state index contributed by atoms with van der Waals surface area (Å²) >= 11 is 6.19. The van der Waals surface area contributed by atoms with Crippen molar-refractivity contribution >= 4 is 35.3 Å². The topological polar surface area (TPSA) is 89.0 Å². The molecule has 164 valence electrons. The molecule has 0 spiro atoms. The molecule has 2 N–H and O–H groups in total. The van der Waals surface area contributed by atoms with Crippen molar-refractivity contribution in [3.05, 3.63) is 88.7 Å². The highest BCUT2D eigenvalue weighted by molar-refractivity contribution is 6.32. The average molecular weight is 456 g/mol.